The minimum absolute atomic E-state index is 0.421. The molecule has 0 aromatic rings. The topological polar surface area (TPSA) is 78.5 Å². The van der Waals surface area contributed by atoms with Gasteiger partial charge in [-0.15, -0.1) is 0 Å². The minimum atomic E-state index is -0.717. The van der Waals surface area contributed by atoms with Crippen LogP contribution in [0.3, 0.4) is 0 Å². The number of imide groups is 1. The third-order valence-electron chi connectivity index (χ3n) is 1.99. The van der Waals surface area contributed by atoms with Crippen molar-refractivity contribution >= 4 is 34.9 Å². The van der Waals surface area contributed by atoms with Crippen LogP contribution >= 0.6 is 12.2 Å². The Hall–Kier alpha value is -1.76. The molecule has 0 radical (unpaired) electrons. The first-order valence-corrected chi connectivity index (χ1v) is 4.96. The maximum Gasteiger partial charge on any atom is 0.346 e. The molecule has 0 aliphatic carbocycles. The zero-order valence-corrected chi connectivity index (χ0v) is 9.63. The molecule has 16 heavy (non-hydrogen) atoms. The van der Waals surface area contributed by atoms with E-state index in [1.54, 1.807) is 6.92 Å². The fourth-order valence-corrected chi connectivity index (χ4v) is 1.23. The van der Waals surface area contributed by atoms with Gasteiger partial charge in [-0.05, 0) is 13.0 Å². The van der Waals surface area contributed by atoms with Crippen LogP contribution in [0.15, 0.2) is 12.3 Å². The molecule has 7 heteroatoms. The quantitative estimate of drug-likeness (QED) is 0.466. The lowest BCUT2D eigenvalue weighted by atomic mass is 10.0. The maximum absolute atomic E-state index is 11.6. The van der Waals surface area contributed by atoms with Gasteiger partial charge in [0.25, 0.3) is 0 Å². The number of hydrogen-bond acceptors (Lipinski definition) is 4. The van der Waals surface area contributed by atoms with E-state index in [1.807, 2.05) is 0 Å². The first kappa shape index (κ1) is 12.3. The van der Waals surface area contributed by atoms with Crippen molar-refractivity contribution in [2.45, 2.75) is 13.8 Å². The van der Waals surface area contributed by atoms with Gasteiger partial charge in [-0.1, -0.05) is 12.2 Å². The fourth-order valence-electron chi connectivity index (χ4n) is 1.07. The summed E-state index contributed by atoms with van der Waals surface area (Å²) in [6.07, 6.45) is 2.79. The monoisotopic (exact) mass is 241 g/mol. The number of urea groups is 1. The molecule has 2 N–H and O–H groups in total. The second kappa shape index (κ2) is 4.84. The van der Waals surface area contributed by atoms with Gasteiger partial charge in [0.05, 0.1) is 5.92 Å². The van der Waals surface area contributed by atoms with Crippen molar-refractivity contribution in [1.29, 1.82) is 0 Å². The molecule has 0 saturated carbocycles. The second-order valence-corrected chi connectivity index (χ2v) is 3.73. The first-order chi connectivity index (χ1) is 7.43. The molecule has 6 nitrogen and oxygen atoms in total. The molecule has 0 spiro atoms. The van der Waals surface area contributed by atoms with E-state index in [4.69, 9.17) is 12.2 Å². The van der Waals surface area contributed by atoms with Crippen molar-refractivity contribution in [2.24, 2.45) is 5.92 Å². The van der Waals surface area contributed by atoms with E-state index in [1.165, 1.54) is 19.2 Å². The Kier molecular flexibility index (Phi) is 3.73. The SMILES string of the molecule is CC(=O)NNC(=O)N1C=CC(=S)C(C)C1=O. The van der Waals surface area contributed by atoms with E-state index in [0.717, 1.165) is 4.90 Å². The van der Waals surface area contributed by atoms with Crippen LogP contribution in [0, 0.1) is 5.92 Å². The van der Waals surface area contributed by atoms with Gasteiger partial charge in [0.15, 0.2) is 0 Å². The average Bonchev–Trinajstić information content (AvgIpc) is 2.23. The summed E-state index contributed by atoms with van der Waals surface area (Å²) in [6.45, 7) is 2.86. The summed E-state index contributed by atoms with van der Waals surface area (Å²) >= 11 is 4.92. The highest BCUT2D eigenvalue weighted by atomic mass is 32.1. The molecule has 86 valence electrons. The van der Waals surface area contributed by atoms with Crippen molar-refractivity contribution in [3.05, 3.63) is 12.3 Å². The number of carbonyl (C=O) groups is 3. The van der Waals surface area contributed by atoms with Crippen LogP contribution in [-0.4, -0.2) is 27.6 Å². The minimum Gasteiger partial charge on any atom is -0.274 e. The molecule has 0 fully saturated rings. The molecular weight excluding hydrogens is 230 g/mol. The predicted molar refractivity (Wildman–Crippen MR) is 60.1 cm³/mol. The molecule has 4 amide bonds. The Morgan fingerprint density at radius 2 is 2.06 bits per heavy atom. The third-order valence-corrected chi connectivity index (χ3v) is 2.48. The van der Waals surface area contributed by atoms with E-state index < -0.39 is 23.8 Å². The fraction of sp³-hybridized carbons (Fsp3) is 0.333. The Labute approximate surface area is 97.6 Å². The largest absolute Gasteiger partial charge is 0.346 e. The third kappa shape index (κ3) is 2.63. The van der Waals surface area contributed by atoms with Crippen molar-refractivity contribution in [3.63, 3.8) is 0 Å². The number of nitrogens with zero attached hydrogens (tertiary/aromatic N) is 1. The second-order valence-electron chi connectivity index (χ2n) is 3.26. The molecule has 0 bridgehead atoms. The zero-order valence-electron chi connectivity index (χ0n) is 8.81. The average molecular weight is 241 g/mol. The van der Waals surface area contributed by atoms with Crippen LogP contribution in [0.2, 0.25) is 0 Å². The number of hydrazine groups is 1. The Balaban J connectivity index is 2.70. The normalized spacial score (nSPS) is 19.6. The van der Waals surface area contributed by atoms with Crippen LogP contribution in [0.4, 0.5) is 4.79 Å². The summed E-state index contributed by atoms with van der Waals surface area (Å²) in [5, 5.41) is 0. The van der Waals surface area contributed by atoms with Crippen LogP contribution in [0.5, 0.6) is 0 Å². The standard InChI is InChI=1S/C9H11N3O3S/c1-5-7(16)3-4-12(8(5)14)9(15)11-10-6(2)13/h3-5H,1-2H3,(H,10,13)(H,11,15). The van der Waals surface area contributed by atoms with Crippen molar-refractivity contribution in [1.82, 2.24) is 15.8 Å². The number of rotatable bonds is 0. The zero-order chi connectivity index (χ0) is 12.3. The van der Waals surface area contributed by atoms with Gasteiger partial charge in [0, 0.05) is 18.0 Å². The summed E-state index contributed by atoms with van der Waals surface area (Å²) in [5.74, 6) is -1.36. The van der Waals surface area contributed by atoms with Gasteiger partial charge < -0.3 is 0 Å². The summed E-state index contributed by atoms with van der Waals surface area (Å²) in [7, 11) is 0. The van der Waals surface area contributed by atoms with Crippen LogP contribution in [0.1, 0.15) is 13.8 Å². The highest BCUT2D eigenvalue weighted by molar-refractivity contribution is 7.80. The summed E-state index contributed by atoms with van der Waals surface area (Å²) in [5.41, 5.74) is 4.18. The van der Waals surface area contributed by atoms with E-state index in [2.05, 4.69) is 10.9 Å². The molecule has 0 saturated heterocycles. The van der Waals surface area contributed by atoms with Crippen LogP contribution in [0.25, 0.3) is 0 Å². The van der Waals surface area contributed by atoms with Gasteiger partial charge >= 0.3 is 6.03 Å². The van der Waals surface area contributed by atoms with Crippen molar-refractivity contribution in [3.8, 4) is 0 Å². The predicted octanol–water partition coefficient (Wildman–Crippen LogP) is 0.109. The number of carbonyl (C=O) groups excluding carboxylic acids is 3. The van der Waals surface area contributed by atoms with Gasteiger partial charge in [-0.3, -0.25) is 15.0 Å². The molecule has 1 aliphatic heterocycles. The molecule has 0 aromatic carbocycles. The first-order valence-electron chi connectivity index (χ1n) is 4.55. The van der Waals surface area contributed by atoms with Gasteiger partial charge in [0.1, 0.15) is 0 Å². The van der Waals surface area contributed by atoms with Crippen molar-refractivity contribution < 1.29 is 14.4 Å². The lowest BCUT2D eigenvalue weighted by Crippen LogP contribution is -2.51. The van der Waals surface area contributed by atoms with E-state index in [9.17, 15) is 14.4 Å². The number of nitrogens with one attached hydrogen (secondary N) is 2. The molecule has 1 rings (SSSR count). The maximum atomic E-state index is 11.6. The van der Waals surface area contributed by atoms with Gasteiger partial charge in [0.2, 0.25) is 11.8 Å². The van der Waals surface area contributed by atoms with E-state index >= 15 is 0 Å². The number of hydrogen-bond donors (Lipinski definition) is 2. The number of thiocarbonyl (C=S) groups is 1. The molecule has 1 aliphatic rings. The van der Waals surface area contributed by atoms with E-state index in [0.29, 0.717) is 4.86 Å². The van der Waals surface area contributed by atoms with Crippen LogP contribution in [-0.2, 0) is 9.59 Å². The summed E-state index contributed by atoms with van der Waals surface area (Å²) < 4.78 is 0. The Morgan fingerprint density at radius 1 is 1.44 bits per heavy atom. The van der Waals surface area contributed by atoms with Crippen molar-refractivity contribution in [2.75, 3.05) is 0 Å². The Bertz CT molecular complexity index is 391. The highest BCUT2D eigenvalue weighted by Gasteiger charge is 2.29. The van der Waals surface area contributed by atoms with Gasteiger partial charge in [-0.25, -0.2) is 15.1 Å². The van der Waals surface area contributed by atoms with Gasteiger partial charge in [-0.2, -0.15) is 0 Å². The number of amides is 4. The number of allylic oxidation sites excluding steroid dienone is 1. The van der Waals surface area contributed by atoms with E-state index in [-0.39, 0.29) is 0 Å². The highest BCUT2D eigenvalue weighted by Crippen LogP contribution is 2.13. The smallest absolute Gasteiger partial charge is 0.274 e. The molecule has 1 atom stereocenters. The molecule has 1 heterocycles. The lowest BCUT2D eigenvalue weighted by molar-refractivity contribution is -0.128. The Morgan fingerprint density at radius 3 is 2.62 bits per heavy atom. The summed E-state index contributed by atoms with van der Waals surface area (Å²) in [4.78, 5) is 35.0. The molecule has 1 unspecified atom stereocenters. The van der Waals surface area contributed by atoms with Crippen LogP contribution < -0.4 is 10.9 Å². The lowest BCUT2D eigenvalue weighted by Gasteiger charge is -2.24. The molecule has 0 aromatic heterocycles. The molecular formula is C9H11N3O3S. The summed E-state index contributed by atoms with van der Waals surface area (Å²) in [6, 6.07) is -0.717.